The lowest BCUT2D eigenvalue weighted by atomic mass is 10.1. The summed E-state index contributed by atoms with van der Waals surface area (Å²) < 4.78 is 0. The Kier molecular flexibility index (Phi) is 4.71. The van der Waals surface area contributed by atoms with E-state index in [1.54, 1.807) is 18.0 Å². The van der Waals surface area contributed by atoms with Crippen LogP contribution in [0.1, 0.15) is 31.4 Å². The Morgan fingerprint density at radius 3 is 2.82 bits per heavy atom. The maximum absolute atomic E-state index is 11.9. The fraction of sp³-hybridized carbons (Fsp3) is 0.429. The zero-order valence-corrected chi connectivity index (χ0v) is 10.6. The third-order valence-corrected chi connectivity index (χ3v) is 2.89. The van der Waals surface area contributed by atoms with E-state index in [0.717, 1.165) is 12.0 Å². The molecular weight excluding hydrogens is 212 g/mol. The molecule has 90 valence electrons. The van der Waals surface area contributed by atoms with E-state index >= 15 is 0 Å². The van der Waals surface area contributed by atoms with Gasteiger partial charge in [0, 0.05) is 19.5 Å². The van der Waals surface area contributed by atoms with Gasteiger partial charge in [-0.05, 0) is 24.1 Å². The second-order valence-electron chi connectivity index (χ2n) is 4.32. The molecule has 0 fully saturated rings. The second kappa shape index (κ2) is 6.05. The first kappa shape index (κ1) is 13.2. The van der Waals surface area contributed by atoms with Crippen molar-refractivity contribution >= 4 is 5.91 Å². The van der Waals surface area contributed by atoms with Crippen molar-refractivity contribution < 1.29 is 4.79 Å². The van der Waals surface area contributed by atoms with Crippen molar-refractivity contribution in [1.29, 1.82) is 5.26 Å². The van der Waals surface area contributed by atoms with Crippen LogP contribution < -0.4 is 0 Å². The molecule has 0 N–H and O–H groups in total. The van der Waals surface area contributed by atoms with Gasteiger partial charge in [0.15, 0.2) is 0 Å². The Morgan fingerprint density at radius 2 is 2.24 bits per heavy atom. The smallest absolute Gasteiger partial charge is 0.225 e. The lowest BCUT2D eigenvalue weighted by molar-refractivity contribution is -0.134. The van der Waals surface area contributed by atoms with Gasteiger partial charge in [0.2, 0.25) is 5.91 Å². The lowest BCUT2D eigenvalue weighted by Crippen LogP contribution is -2.30. The van der Waals surface area contributed by atoms with Crippen LogP contribution in [0.2, 0.25) is 0 Å². The minimum Gasteiger partial charge on any atom is -0.341 e. The number of carbonyl (C=O) groups excluding carboxylic acids is 1. The zero-order valence-electron chi connectivity index (χ0n) is 10.6. The molecule has 1 aromatic rings. The number of carbonyl (C=O) groups is 1. The summed E-state index contributed by atoms with van der Waals surface area (Å²) in [6, 6.07) is 9.46. The van der Waals surface area contributed by atoms with E-state index in [-0.39, 0.29) is 11.8 Å². The van der Waals surface area contributed by atoms with Crippen molar-refractivity contribution in [3.05, 3.63) is 35.4 Å². The Labute approximate surface area is 103 Å². The second-order valence-corrected chi connectivity index (χ2v) is 4.32. The predicted octanol–water partition coefficient (Wildman–Crippen LogP) is 2.56. The molecule has 3 heteroatoms. The van der Waals surface area contributed by atoms with Crippen LogP contribution in [0.3, 0.4) is 0 Å². The SMILES string of the molecule is CCC(C)C(=O)N(C)Cc1cccc(C#N)c1. The molecule has 0 aliphatic carbocycles. The number of rotatable bonds is 4. The maximum Gasteiger partial charge on any atom is 0.225 e. The maximum atomic E-state index is 11.9. The summed E-state index contributed by atoms with van der Waals surface area (Å²) in [5.74, 6) is 0.203. The third kappa shape index (κ3) is 3.60. The van der Waals surface area contributed by atoms with Crippen LogP contribution in [0.4, 0.5) is 0 Å². The minimum absolute atomic E-state index is 0.0548. The number of hydrogen-bond donors (Lipinski definition) is 0. The summed E-state index contributed by atoms with van der Waals surface area (Å²) in [7, 11) is 1.80. The fourth-order valence-electron chi connectivity index (χ4n) is 1.64. The summed E-state index contributed by atoms with van der Waals surface area (Å²) in [5.41, 5.74) is 1.62. The Hall–Kier alpha value is -1.82. The topological polar surface area (TPSA) is 44.1 Å². The van der Waals surface area contributed by atoms with E-state index in [4.69, 9.17) is 5.26 Å². The van der Waals surface area contributed by atoms with E-state index in [1.165, 1.54) is 0 Å². The van der Waals surface area contributed by atoms with Gasteiger partial charge in [-0.2, -0.15) is 5.26 Å². The summed E-state index contributed by atoms with van der Waals surface area (Å²) in [5, 5.41) is 8.80. The molecule has 17 heavy (non-hydrogen) atoms. The van der Waals surface area contributed by atoms with E-state index < -0.39 is 0 Å². The van der Waals surface area contributed by atoms with Crippen LogP contribution in [-0.4, -0.2) is 17.9 Å². The molecule has 0 spiro atoms. The van der Waals surface area contributed by atoms with E-state index in [2.05, 4.69) is 6.07 Å². The Bertz CT molecular complexity index is 434. The highest BCUT2D eigenvalue weighted by molar-refractivity contribution is 5.78. The van der Waals surface area contributed by atoms with E-state index in [1.807, 2.05) is 32.0 Å². The molecule has 0 aromatic heterocycles. The summed E-state index contributed by atoms with van der Waals surface area (Å²) in [6.45, 7) is 4.50. The molecule has 0 aliphatic rings. The van der Waals surface area contributed by atoms with Gasteiger partial charge in [-0.25, -0.2) is 0 Å². The molecule has 0 bridgehead atoms. The summed E-state index contributed by atoms with van der Waals surface area (Å²) in [4.78, 5) is 13.6. The first-order valence-corrected chi connectivity index (χ1v) is 5.82. The monoisotopic (exact) mass is 230 g/mol. The van der Waals surface area contributed by atoms with Crippen molar-refractivity contribution in [3.8, 4) is 6.07 Å². The quantitative estimate of drug-likeness (QED) is 0.798. The Morgan fingerprint density at radius 1 is 1.53 bits per heavy atom. The summed E-state index contributed by atoms with van der Waals surface area (Å²) in [6.07, 6.45) is 0.849. The van der Waals surface area contributed by atoms with Gasteiger partial charge in [-0.1, -0.05) is 26.0 Å². The first-order chi connectivity index (χ1) is 8.08. The van der Waals surface area contributed by atoms with E-state index in [9.17, 15) is 4.79 Å². The molecule has 1 aromatic carbocycles. The predicted molar refractivity (Wildman–Crippen MR) is 67.1 cm³/mol. The average molecular weight is 230 g/mol. The highest BCUT2D eigenvalue weighted by Crippen LogP contribution is 2.10. The number of nitriles is 1. The summed E-state index contributed by atoms with van der Waals surface area (Å²) >= 11 is 0. The van der Waals surface area contributed by atoms with Crippen LogP contribution >= 0.6 is 0 Å². The van der Waals surface area contributed by atoms with Crippen molar-refractivity contribution in [2.24, 2.45) is 5.92 Å². The largest absolute Gasteiger partial charge is 0.341 e. The third-order valence-electron chi connectivity index (χ3n) is 2.89. The average Bonchev–Trinajstić information content (AvgIpc) is 2.37. The van der Waals surface area contributed by atoms with Crippen LogP contribution in [-0.2, 0) is 11.3 Å². The van der Waals surface area contributed by atoms with Crippen LogP contribution in [0.25, 0.3) is 0 Å². The van der Waals surface area contributed by atoms with Gasteiger partial charge in [-0.3, -0.25) is 4.79 Å². The van der Waals surface area contributed by atoms with Gasteiger partial charge in [0.05, 0.1) is 11.6 Å². The molecular formula is C14H18N2O. The van der Waals surface area contributed by atoms with Gasteiger partial charge >= 0.3 is 0 Å². The van der Waals surface area contributed by atoms with Crippen LogP contribution in [0.15, 0.2) is 24.3 Å². The molecule has 0 saturated carbocycles. The van der Waals surface area contributed by atoms with Crippen molar-refractivity contribution in [1.82, 2.24) is 4.90 Å². The Balaban J connectivity index is 2.71. The number of benzene rings is 1. The molecule has 1 unspecified atom stereocenters. The van der Waals surface area contributed by atoms with E-state index in [0.29, 0.717) is 12.1 Å². The molecule has 1 rings (SSSR count). The van der Waals surface area contributed by atoms with Gasteiger partial charge < -0.3 is 4.90 Å². The molecule has 0 radical (unpaired) electrons. The molecule has 0 aliphatic heterocycles. The lowest BCUT2D eigenvalue weighted by Gasteiger charge is -2.20. The molecule has 1 atom stereocenters. The van der Waals surface area contributed by atoms with Gasteiger partial charge in [-0.15, -0.1) is 0 Å². The molecule has 0 saturated heterocycles. The van der Waals surface area contributed by atoms with Gasteiger partial charge in [0.1, 0.15) is 0 Å². The number of hydrogen-bond acceptors (Lipinski definition) is 2. The molecule has 3 nitrogen and oxygen atoms in total. The fourth-order valence-corrected chi connectivity index (χ4v) is 1.64. The van der Waals surface area contributed by atoms with Gasteiger partial charge in [0.25, 0.3) is 0 Å². The van der Waals surface area contributed by atoms with Crippen molar-refractivity contribution in [2.45, 2.75) is 26.8 Å². The van der Waals surface area contributed by atoms with Crippen LogP contribution in [0, 0.1) is 17.2 Å². The molecule has 1 amide bonds. The van der Waals surface area contributed by atoms with Crippen molar-refractivity contribution in [3.63, 3.8) is 0 Å². The zero-order chi connectivity index (χ0) is 12.8. The highest BCUT2D eigenvalue weighted by atomic mass is 16.2. The van der Waals surface area contributed by atoms with Crippen LogP contribution in [0.5, 0.6) is 0 Å². The normalized spacial score (nSPS) is 11.6. The number of nitrogens with zero attached hydrogens (tertiary/aromatic N) is 2. The van der Waals surface area contributed by atoms with Crippen molar-refractivity contribution in [2.75, 3.05) is 7.05 Å². The first-order valence-electron chi connectivity index (χ1n) is 5.82. The minimum atomic E-state index is 0.0548. The highest BCUT2D eigenvalue weighted by Gasteiger charge is 2.15. The molecule has 0 heterocycles. The standard InChI is InChI=1S/C14H18N2O/c1-4-11(2)14(17)16(3)10-13-7-5-6-12(8-13)9-15/h5-8,11H,4,10H2,1-3H3. The number of amides is 1.